The fourth-order valence-electron chi connectivity index (χ4n) is 3.93. The summed E-state index contributed by atoms with van der Waals surface area (Å²) in [7, 11) is 0. The van der Waals surface area contributed by atoms with Crippen molar-refractivity contribution in [3.8, 4) is 0 Å². The zero-order valence-electron chi connectivity index (χ0n) is 17.9. The summed E-state index contributed by atoms with van der Waals surface area (Å²) < 4.78 is 3.72. The minimum atomic E-state index is -1.75. The summed E-state index contributed by atoms with van der Waals surface area (Å²) in [5.41, 5.74) is 1.92. The number of rotatable bonds is 8. The van der Waals surface area contributed by atoms with Gasteiger partial charge in [0.2, 0.25) is 15.7 Å². The minimum Gasteiger partial charge on any atom is -0.378 e. The number of aromatic nitrogens is 3. The highest BCUT2D eigenvalue weighted by Crippen LogP contribution is 2.37. The van der Waals surface area contributed by atoms with Crippen LogP contribution in [-0.4, -0.2) is 72.3 Å². The van der Waals surface area contributed by atoms with E-state index in [-0.39, 0.29) is 5.82 Å². The van der Waals surface area contributed by atoms with Crippen molar-refractivity contribution < 1.29 is 4.74 Å². The van der Waals surface area contributed by atoms with Crippen LogP contribution in [0.1, 0.15) is 25.1 Å². The first-order valence-electron chi connectivity index (χ1n) is 11.0. The summed E-state index contributed by atoms with van der Waals surface area (Å²) in [6.07, 6.45) is 3.56. The van der Waals surface area contributed by atoms with Gasteiger partial charge in [0.15, 0.2) is 5.82 Å². The van der Waals surface area contributed by atoms with E-state index in [1.54, 1.807) is 0 Å². The van der Waals surface area contributed by atoms with Gasteiger partial charge in [-0.1, -0.05) is 46.9 Å². The van der Waals surface area contributed by atoms with Gasteiger partial charge in [0.1, 0.15) is 0 Å². The van der Waals surface area contributed by atoms with Gasteiger partial charge >= 0.3 is 0 Å². The van der Waals surface area contributed by atoms with Crippen LogP contribution in [0.5, 0.6) is 0 Å². The molecule has 0 radical (unpaired) electrons. The highest BCUT2D eigenvalue weighted by molar-refractivity contribution is 6.66. The summed E-state index contributed by atoms with van der Waals surface area (Å²) in [6.45, 7) is 7.17. The Balaban J connectivity index is 1.48. The van der Waals surface area contributed by atoms with Gasteiger partial charge in [-0.05, 0) is 51.0 Å². The molecule has 2 saturated heterocycles. The molecular formula is C21H28Cl3N7O. The Morgan fingerprint density at radius 1 is 0.938 bits per heavy atom. The molecule has 0 aliphatic carbocycles. The first-order chi connectivity index (χ1) is 15.5. The lowest BCUT2D eigenvalue weighted by molar-refractivity contribution is 0.123. The van der Waals surface area contributed by atoms with Crippen molar-refractivity contribution >= 4 is 58.1 Å². The molecule has 0 atom stereocenters. The lowest BCUT2D eigenvalue weighted by Gasteiger charge is -2.30. The Morgan fingerprint density at radius 3 is 2.41 bits per heavy atom. The van der Waals surface area contributed by atoms with E-state index in [0.29, 0.717) is 25.1 Å². The van der Waals surface area contributed by atoms with Crippen molar-refractivity contribution in [2.45, 2.75) is 23.1 Å². The van der Waals surface area contributed by atoms with Crippen LogP contribution < -0.4 is 15.5 Å². The third kappa shape index (κ3) is 6.48. The van der Waals surface area contributed by atoms with Gasteiger partial charge in [0.25, 0.3) is 0 Å². The third-order valence-corrected chi connectivity index (χ3v) is 6.03. The number of hydrogen-bond donors (Lipinski definition) is 2. The molecule has 2 aliphatic rings. The molecule has 2 fully saturated rings. The number of likely N-dealkylation sites (tertiary alicyclic amines) is 1. The molecule has 174 valence electrons. The maximum Gasteiger partial charge on any atom is 0.250 e. The monoisotopic (exact) mass is 499 g/mol. The molecule has 0 spiro atoms. The Labute approximate surface area is 203 Å². The topological polar surface area (TPSA) is 78.4 Å². The van der Waals surface area contributed by atoms with E-state index in [1.165, 1.54) is 25.9 Å². The summed E-state index contributed by atoms with van der Waals surface area (Å²) >= 11 is 18.3. The van der Waals surface area contributed by atoms with Gasteiger partial charge in [-0.25, -0.2) is 0 Å². The number of morpholine rings is 1. The van der Waals surface area contributed by atoms with Crippen LogP contribution >= 0.6 is 34.8 Å². The van der Waals surface area contributed by atoms with Gasteiger partial charge in [-0.3, -0.25) is 0 Å². The third-order valence-electron chi connectivity index (χ3n) is 5.52. The van der Waals surface area contributed by atoms with E-state index in [1.807, 2.05) is 18.2 Å². The zero-order chi connectivity index (χ0) is 22.4. The average Bonchev–Trinajstić information content (AvgIpc) is 3.31. The highest BCUT2D eigenvalue weighted by atomic mass is 35.6. The smallest absolute Gasteiger partial charge is 0.250 e. The molecule has 11 heteroatoms. The predicted molar refractivity (Wildman–Crippen MR) is 131 cm³/mol. The van der Waals surface area contributed by atoms with Gasteiger partial charge in [0, 0.05) is 19.6 Å². The van der Waals surface area contributed by atoms with E-state index >= 15 is 0 Å². The van der Waals surface area contributed by atoms with E-state index in [9.17, 15) is 0 Å². The molecule has 0 bridgehead atoms. The van der Waals surface area contributed by atoms with Gasteiger partial charge in [-0.15, -0.1) is 0 Å². The molecule has 0 saturated carbocycles. The Morgan fingerprint density at radius 2 is 1.66 bits per heavy atom. The Hall–Kier alpha value is -1.58. The first-order valence-corrected chi connectivity index (χ1v) is 12.1. The molecule has 32 heavy (non-hydrogen) atoms. The van der Waals surface area contributed by atoms with Crippen LogP contribution in [0, 0.1) is 0 Å². The minimum absolute atomic E-state index is 0.0749. The molecule has 2 aromatic rings. The number of nitrogens with zero attached hydrogens (tertiary/aromatic N) is 5. The lowest BCUT2D eigenvalue weighted by Crippen LogP contribution is -2.36. The summed E-state index contributed by atoms with van der Waals surface area (Å²) in [4.78, 5) is 17.9. The summed E-state index contributed by atoms with van der Waals surface area (Å²) in [6, 6.07) is 8.00. The molecule has 2 aliphatic heterocycles. The van der Waals surface area contributed by atoms with Crippen LogP contribution in [0.15, 0.2) is 24.3 Å². The Bertz CT molecular complexity index is 884. The number of alkyl halides is 3. The van der Waals surface area contributed by atoms with Gasteiger partial charge in [0.05, 0.1) is 24.6 Å². The van der Waals surface area contributed by atoms with E-state index in [2.05, 4.69) is 41.5 Å². The van der Waals surface area contributed by atoms with E-state index in [0.717, 1.165) is 44.0 Å². The highest BCUT2D eigenvalue weighted by Gasteiger charge is 2.28. The molecular weight excluding hydrogens is 473 g/mol. The van der Waals surface area contributed by atoms with Crippen molar-refractivity contribution in [1.82, 2.24) is 19.9 Å². The van der Waals surface area contributed by atoms with Crippen molar-refractivity contribution in [2.75, 3.05) is 68.0 Å². The normalized spacial score (nSPS) is 17.5. The fraction of sp³-hybridized carbons (Fsp3) is 0.571. The van der Waals surface area contributed by atoms with E-state index < -0.39 is 3.79 Å². The molecule has 1 aromatic carbocycles. The number of hydrogen-bond acceptors (Lipinski definition) is 8. The molecule has 3 heterocycles. The SMILES string of the molecule is ClC(Cl)(Cl)c1nc(NCCCN2CCCC2)nc(Nc2ccccc2N2CCOCC2)n1. The van der Waals surface area contributed by atoms with Crippen molar-refractivity contribution in [1.29, 1.82) is 0 Å². The standard InChI is InChI=1S/C21H28Cl3N7O/c22-21(23,24)18-27-19(25-8-5-11-30-9-3-4-10-30)29-20(28-18)26-16-6-1-2-7-17(16)31-12-14-32-15-13-31/h1-2,6-7H,3-5,8-15H2,(H2,25,26,27,28,29). The van der Waals surface area contributed by atoms with Gasteiger partial charge < -0.3 is 25.2 Å². The zero-order valence-corrected chi connectivity index (χ0v) is 20.1. The molecule has 0 unspecified atom stereocenters. The predicted octanol–water partition coefficient (Wildman–Crippen LogP) is 4.18. The number of anilines is 4. The molecule has 0 amide bonds. The fourth-order valence-corrected chi connectivity index (χ4v) is 4.18. The quantitative estimate of drug-likeness (QED) is 0.413. The average molecular weight is 501 g/mol. The second-order valence-corrected chi connectivity index (χ2v) is 10.2. The maximum atomic E-state index is 6.10. The summed E-state index contributed by atoms with van der Waals surface area (Å²) in [5.74, 6) is 0.782. The molecule has 8 nitrogen and oxygen atoms in total. The van der Waals surface area contributed by atoms with Crippen LogP contribution in [0.25, 0.3) is 0 Å². The number of ether oxygens (including phenoxy) is 1. The van der Waals surface area contributed by atoms with Gasteiger partial charge in [-0.2, -0.15) is 15.0 Å². The number of benzene rings is 1. The number of nitrogens with one attached hydrogen (secondary N) is 2. The second kappa shape index (κ2) is 11.0. The molecule has 1 aromatic heterocycles. The van der Waals surface area contributed by atoms with Crippen LogP contribution in [0.2, 0.25) is 0 Å². The largest absolute Gasteiger partial charge is 0.378 e. The first kappa shape index (κ1) is 23.6. The van der Waals surface area contributed by atoms with Crippen molar-refractivity contribution in [2.24, 2.45) is 0 Å². The molecule has 2 N–H and O–H groups in total. The van der Waals surface area contributed by atoms with E-state index in [4.69, 9.17) is 39.5 Å². The number of halogens is 3. The summed E-state index contributed by atoms with van der Waals surface area (Å²) in [5, 5.41) is 6.54. The van der Waals surface area contributed by atoms with Crippen molar-refractivity contribution in [3.05, 3.63) is 30.1 Å². The van der Waals surface area contributed by atoms with Crippen LogP contribution in [-0.2, 0) is 8.53 Å². The van der Waals surface area contributed by atoms with Crippen LogP contribution in [0.4, 0.5) is 23.3 Å². The number of para-hydroxylation sites is 2. The molecule has 4 rings (SSSR count). The maximum absolute atomic E-state index is 6.10. The van der Waals surface area contributed by atoms with Crippen molar-refractivity contribution in [3.63, 3.8) is 0 Å². The Kier molecular flexibility index (Phi) is 8.12. The second-order valence-electron chi connectivity index (χ2n) is 7.87. The lowest BCUT2D eigenvalue weighted by atomic mass is 10.2. The van der Waals surface area contributed by atoms with Crippen LogP contribution in [0.3, 0.4) is 0 Å².